The van der Waals surface area contributed by atoms with Crippen molar-refractivity contribution in [2.45, 2.75) is 341 Å². The lowest BCUT2D eigenvalue weighted by molar-refractivity contribution is -0.161. The van der Waals surface area contributed by atoms with Crippen LogP contribution in [0.25, 0.3) is 0 Å². The maximum absolute atomic E-state index is 13.1. The fourth-order valence-corrected chi connectivity index (χ4v) is 11.9. The number of carbonyl (C=O) groups is 4. The van der Waals surface area contributed by atoms with E-state index < -0.39 is 97.5 Å². The van der Waals surface area contributed by atoms with Gasteiger partial charge in [-0.3, -0.25) is 37.3 Å². The van der Waals surface area contributed by atoms with Gasteiger partial charge in [0.2, 0.25) is 0 Å². The van der Waals surface area contributed by atoms with Crippen molar-refractivity contribution in [1.82, 2.24) is 0 Å². The second kappa shape index (κ2) is 73.0. The van der Waals surface area contributed by atoms with Gasteiger partial charge in [0.15, 0.2) is 12.2 Å². The highest BCUT2D eigenvalue weighted by molar-refractivity contribution is 7.47. The van der Waals surface area contributed by atoms with Crippen LogP contribution in [0.4, 0.5) is 0 Å². The molecule has 100 heavy (non-hydrogen) atoms. The first kappa shape index (κ1) is 95.7. The van der Waals surface area contributed by atoms with Crippen LogP contribution in [-0.2, 0) is 65.4 Å². The van der Waals surface area contributed by atoms with Crippen LogP contribution in [0.5, 0.6) is 0 Å². The molecule has 5 unspecified atom stereocenters. The molecule has 0 bridgehead atoms. The number of allylic oxidation sites excluding steroid dienone is 18. The van der Waals surface area contributed by atoms with E-state index in [1.54, 1.807) is 0 Å². The number of phosphoric ester groups is 2. The van der Waals surface area contributed by atoms with Gasteiger partial charge in [-0.25, -0.2) is 9.13 Å². The van der Waals surface area contributed by atoms with Gasteiger partial charge in [0, 0.05) is 25.7 Å². The zero-order valence-electron chi connectivity index (χ0n) is 62.8. The summed E-state index contributed by atoms with van der Waals surface area (Å²) in [5, 5.41) is 10.6. The van der Waals surface area contributed by atoms with Gasteiger partial charge in [0.05, 0.1) is 26.4 Å². The number of aliphatic hydroxyl groups excluding tert-OH is 1. The predicted molar refractivity (Wildman–Crippen MR) is 408 cm³/mol. The van der Waals surface area contributed by atoms with Gasteiger partial charge in [0.1, 0.15) is 19.3 Å². The number of carbonyl (C=O) groups excluding carboxylic acids is 4. The molecule has 0 saturated heterocycles. The third kappa shape index (κ3) is 72.1. The monoisotopic (exact) mass is 1450 g/mol. The molecule has 576 valence electrons. The molecule has 0 aliphatic rings. The average Bonchev–Trinajstić information content (AvgIpc) is 1.06. The molecule has 5 atom stereocenters. The summed E-state index contributed by atoms with van der Waals surface area (Å²) in [4.78, 5) is 72.9. The van der Waals surface area contributed by atoms with E-state index in [0.717, 1.165) is 148 Å². The Morgan fingerprint density at radius 2 is 0.530 bits per heavy atom. The minimum absolute atomic E-state index is 0.0723. The lowest BCUT2D eigenvalue weighted by atomic mass is 10.0. The Hall–Kier alpha value is -4.28. The molecule has 0 aromatic heterocycles. The summed E-state index contributed by atoms with van der Waals surface area (Å²) in [7, 11) is -9.97. The molecular weight excluding hydrogens is 1310 g/mol. The van der Waals surface area contributed by atoms with Crippen LogP contribution in [0.15, 0.2) is 109 Å². The highest BCUT2D eigenvalue weighted by atomic mass is 31.2. The van der Waals surface area contributed by atoms with Crippen molar-refractivity contribution in [3.63, 3.8) is 0 Å². The molecule has 0 aromatic rings. The molecule has 0 rings (SSSR count). The van der Waals surface area contributed by atoms with Gasteiger partial charge < -0.3 is 33.8 Å². The van der Waals surface area contributed by atoms with Crippen molar-refractivity contribution in [2.24, 2.45) is 0 Å². The number of unbranched alkanes of at least 4 members (excludes halogenated alkanes) is 29. The summed E-state index contributed by atoms with van der Waals surface area (Å²) in [6.45, 7) is 4.58. The van der Waals surface area contributed by atoms with Crippen molar-refractivity contribution in [2.75, 3.05) is 39.6 Å². The number of hydrogen-bond acceptors (Lipinski definition) is 15. The van der Waals surface area contributed by atoms with E-state index in [9.17, 15) is 43.2 Å². The standard InChI is InChI=1S/C81H140O17P2/c1-5-9-13-17-21-25-29-33-36-37-40-43-46-50-54-58-62-66-79(84)92-72-77(98-81(86)68-64-60-56-52-48-44-39-35-31-27-23-19-15-11-7-3)74-96-100(89,90)94-70-75(82)69-93-99(87,88)95-73-76(97-80(85)67-63-59-55-51-47-41-32-28-24-20-16-12-8-4)71-91-78(83)65-61-57-53-49-45-42-38-34-30-26-22-18-14-10-6-2/h9-10,13-14,21-22,25-26,33-36,38-40,43,50,54,75-77,82H,5-8,11-12,15-20,23-24,27-32,37,41-42,44-49,51-53,55-74H2,1-4H3,(H,87,88)(H,89,90)/b13-9-,14-10-,25-21-,26-22-,36-33-,38-34-,39-35-,43-40-,54-50-. The number of aliphatic hydroxyl groups is 1. The van der Waals surface area contributed by atoms with Crippen molar-refractivity contribution in [3.05, 3.63) is 109 Å². The molecule has 0 radical (unpaired) electrons. The van der Waals surface area contributed by atoms with E-state index in [1.807, 2.05) is 12.2 Å². The van der Waals surface area contributed by atoms with Crippen molar-refractivity contribution < 1.29 is 80.2 Å². The van der Waals surface area contributed by atoms with E-state index in [0.29, 0.717) is 32.1 Å². The summed E-state index contributed by atoms with van der Waals surface area (Å²) in [5.41, 5.74) is 0. The maximum Gasteiger partial charge on any atom is 0.472 e. The first-order valence-electron chi connectivity index (χ1n) is 39.1. The largest absolute Gasteiger partial charge is 0.472 e. The summed E-state index contributed by atoms with van der Waals surface area (Å²) in [6.07, 6.45) is 77.9. The maximum atomic E-state index is 13.1. The van der Waals surface area contributed by atoms with Crippen LogP contribution in [0.1, 0.15) is 323 Å². The summed E-state index contributed by atoms with van der Waals surface area (Å²) in [6, 6.07) is 0. The third-order valence-corrected chi connectivity index (χ3v) is 18.1. The highest BCUT2D eigenvalue weighted by Crippen LogP contribution is 2.45. The molecule has 0 heterocycles. The molecule has 0 aliphatic heterocycles. The molecule has 0 saturated carbocycles. The highest BCUT2D eigenvalue weighted by Gasteiger charge is 2.30. The minimum Gasteiger partial charge on any atom is -0.462 e. The third-order valence-electron chi connectivity index (χ3n) is 16.2. The Morgan fingerprint density at radius 3 is 0.850 bits per heavy atom. The zero-order chi connectivity index (χ0) is 73.2. The molecule has 0 aliphatic carbocycles. The number of rotatable bonds is 73. The van der Waals surface area contributed by atoms with Gasteiger partial charge in [-0.05, 0) is 122 Å². The van der Waals surface area contributed by atoms with Crippen LogP contribution in [0, 0.1) is 0 Å². The van der Waals surface area contributed by atoms with Gasteiger partial charge in [-0.15, -0.1) is 0 Å². The Kier molecular flexibility index (Phi) is 69.9. The first-order valence-corrected chi connectivity index (χ1v) is 42.1. The van der Waals surface area contributed by atoms with Crippen LogP contribution in [0.3, 0.4) is 0 Å². The van der Waals surface area contributed by atoms with E-state index in [4.69, 9.17) is 37.0 Å². The molecule has 19 heteroatoms. The lowest BCUT2D eigenvalue weighted by Gasteiger charge is -2.21. The second-order valence-electron chi connectivity index (χ2n) is 25.9. The number of ether oxygens (including phenoxy) is 4. The van der Waals surface area contributed by atoms with Gasteiger partial charge in [-0.2, -0.15) is 0 Å². The van der Waals surface area contributed by atoms with Crippen LogP contribution in [0.2, 0.25) is 0 Å². The van der Waals surface area contributed by atoms with Crippen LogP contribution < -0.4 is 0 Å². The van der Waals surface area contributed by atoms with Gasteiger partial charge in [-0.1, -0.05) is 285 Å². The van der Waals surface area contributed by atoms with E-state index in [-0.39, 0.29) is 25.7 Å². The molecule has 17 nitrogen and oxygen atoms in total. The Balaban J connectivity index is 5.40. The fraction of sp³-hybridized carbons (Fsp3) is 0.728. The Labute approximate surface area is 607 Å². The van der Waals surface area contributed by atoms with Crippen LogP contribution in [-0.4, -0.2) is 96.7 Å². The quantitative estimate of drug-likeness (QED) is 0.0169. The Bertz CT molecular complexity index is 2320. The molecule has 3 N–H and O–H groups in total. The SMILES string of the molecule is CC/C=C\C/C=C\C/C=C\C/C=C\C/C=C\CCCC(=O)OCC(COP(=O)(O)OCC(O)COP(=O)(O)OCC(COC(=O)CCCCCCC/C=C\C/C=C\C/C=C\CC)OC(=O)CCCCCCCCCCCCCCC)OC(=O)CCCCCCC/C=C\CCCCCCCC. The number of hydrogen-bond donors (Lipinski definition) is 3. The molecule has 0 fully saturated rings. The summed E-state index contributed by atoms with van der Waals surface area (Å²) in [5.74, 6) is -2.26. The number of phosphoric acid groups is 2. The molecule has 0 amide bonds. The van der Waals surface area contributed by atoms with Crippen molar-refractivity contribution in [1.29, 1.82) is 0 Å². The molecule has 0 aromatic carbocycles. The average molecular weight is 1450 g/mol. The smallest absolute Gasteiger partial charge is 0.462 e. The minimum atomic E-state index is -4.99. The van der Waals surface area contributed by atoms with E-state index in [1.165, 1.54) is 89.9 Å². The summed E-state index contributed by atoms with van der Waals surface area (Å²) < 4.78 is 68.5. The van der Waals surface area contributed by atoms with E-state index in [2.05, 4.69) is 125 Å². The first-order chi connectivity index (χ1) is 48.7. The van der Waals surface area contributed by atoms with Gasteiger partial charge in [0.25, 0.3) is 0 Å². The Morgan fingerprint density at radius 1 is 0.290 bits per heavy atom. The molecule has 0 spiro atoms. The van der Waals surface area contributed by atoms with E-state index >= 15 is 0 Å². The van der Waals surface area contributed by atoms with Crippen molar-refractivity contribution in [3.8, 4) is 0 Å². The number of esters is 4. The molecular formula is C81H140O17P2. The zero-order valence-corrected chi connectivity index (χ0v) is 64.6. The predicted octanol–water partition coefficient (Wildman–Crippen LogP) is 22.6. The second-order valence-corrected chi connectivity index (χ2v) is 28.8. The topological polar surface area (TPSA) is 237 Å². The lowest BCUT2D eigenvalue weighted by Crippen LogP contribution is -2.30. The van der Waals surface area contributed by atoms with Gasteiger partial charge >= 0.3 is 39.5 Å². The normalized spacial score (nSPS) is 14.5. The fourth-order valence-electron chi connectivity index (χ4n) is 10.3. The van der Waals surface area contributed by atoms with Crippen LogP contribution >= 0.6 is 15.6 Å². The summed E-state index contributed by atoms with van der Waals surface area (Å²) >= 11 is 0. The van der Waals surface area contributed by atoms with Crippen molar-refractivity contribution >= 4 is 39.5 Å².